The normalized spacial score (nSPS) is 9.96. The predicted octanol–water partition coefficient (Wildman–Crippen LogP) is 2.88. The highest BCUT2D eigenvalue weighted by molar-refractivity contribution is 9.10. The van der Waals surface area contributed by atoms with Crippen LogP contribution in [0.15, 0.2) is 46.9 Å². The molecule has 0 unspecified atom stereocenters. The van der Waals surface area contributed by atoms with Gasteiger partial charge in [-0.15, -0.1) is 0 Å². The van der Waals surface area contributed by atoms with Crippen LogP contribution in [0, 0.1) is 0 Å². The Kier molecular flexibility index (Phi) is 6.74. The summed E-state index contributed by atoms with van der Waals surface area (Å²) in [5.74, 6) is -0.725. The number of amides is 3. The van der Waals surface area contributed by atoms with Gasteiger partial charge in [0.15, 0.2) is 0 Å². The summed E-state index contributed by atoms with van der Waals surface area (Å²) >= 11 is 3.29. The van der Waals surface area contributed by atoms with E-state index in [2.05, 4.69) is 32.1 Å². The van der Waals surface area contributed by atoms with Crippen LogP contribution >= 0.6 is 15.9 Å². The summed E-state index contributed by atoms with van der Waals surface area (Å²) in [6.45, 7) is 1.75. The number of halogens is 1. The third-order valence-electron chi connectivity index (χ3n) is 3.45. The molecule has 0 heterocycles. The molecule has 2 aromatic carbocycles. The minimum absolute atomic E-state index is 0.113. The highest BCUT2D eigenvalue weighted by Gasteiger charge is 2.14. The van der Waals surface area contributed by atoms with E-state index in [9.17, 15) is 14.4 Å². The van der Waals surface area contributed by atoms with E-state index in [0.717, 1.165) is 0 Å². The second-order valence-electron chi connectivity index (χ2n) is 5.23. The molecule has 0 aliphatic rings. The molecule has 0 fully saturated rings. The number of methoxy groups -OCH3 is 1. The number of carbonyl (C=O) groups is 3. The molecule has 0 saturated heterocycles. The molecular weight excluding hydrogens is 402 g/mol. The van der Waals surface area contributed by atoms with Crippen molar-refractivity contribution in [2.24, 2.45) is 0 Å². The first-order chi connectivity index (χ1) is 12.4. The maximum Gasteiger partial charge on any atom is 0.273 e. The minimum atomic E-state index is -0.511. The van der Waals surface area contributed by atoms with E-state index in [4.69, 9.17) is 4.74 Å². The van der Waals surface area contributed by atoms with Gasteiger partial charge in [0.1, 0.15) is 5.75 Å². The van der Waals surface area contributed by atoms with Crippen LogP contribution in [-0.2, 0) is 4.79 Å². The van der Waals surface area contributed by atoms with Crippen LogP contribution in [0.3, 0.4) is 0 Å². The van der Waals surface area contributed by atoms with Crippen molar-refractivity contribution < 1.29 is 19.1 Å². The third-order valence-corrected chi connectivity index (χ3v) is 3.94. The molecular formula is C18H18BrN3O4. The van der Waals surface area contributed by atoms with Crippen molar-refractivity contribution in [1.82, 2.24) is 10.9 Å². The van der Waals surface area contributed by atoms with Gasteiger partial charge < -0.3 is 10.1 Å². The van der Waals surface area contributed by atoms with Gasteiger partial charge in [-0.05, 0) is 42.5 Å². The SMILES string of the molecule is CCC(=O)Nc1ccc(C(=O)NNC(=O)c2cc(Br)ccc2OC)cc1. The number of hydrogen-bond donors (Lipinski definition) is 3. The fourth-order valence-electron chi connectivity index (χ4n) is 2.06. The average Bonchev–Trinajstić information content (AvgIpc) is 2.66. The summed E-state index contributed by atoms with van der Waals surface area (Å²) in [7, 11) is 1.46. The molecule has 0 aliphatic carbocycles. The first-order valence-corrected chi connectivity index (χ1v) is 8.58. The van der Waals surface area contributed by atoms with Crippen molar-refractivity contribution in [1.29, 1.82) is 0 Å². The van der Waals surface area contributed by atoms with Gasteiger partial charge in [0.2, 0.25) is 5.91 Å². The second-order valence-corrected chi connectivity index (χ2v) is 6.15. The zero-order chi connectivity index (χ0) is 19.1. The number of carbonyl (C=O) groups excluding carboxylic acids is 3. The molecule has 26 heavy (non-hydrogen) atoms. The molecule has 0 saturated carbocycles. The molecule has 2 rings (SSSR count). The number of hydrazine groups is 1. The lowest BCUT2D eigenvalue weighted by Gasteiger charge is -2.11. The highest BCUT2D eigenvalue weighted by atomic mass is 79.9. The number of nitrogens with one attached hydrogen (secondary N) is 3. The molecule has 0 atom stereocenters. The quantitative estimate of drug-likeness (QED) is 0.649. The lowest BCUT2D eigenvalue weighted by molar-refractivity contribution is -0.115. The van der Waals surface area contributed by atoms with Crippen molar-refractivity contribution in [3.05, 3.63) is 58.1 Å². The Morgan fingerprint density at radius 1 is 1.00 bits per heavy atom. The van der Waals surface area contributed by atoms with Crippen molar-refractivity contribution in [2.75, 3.05) is 12.4 Å². The maximum atomic E-state index is 12.2. The van der Waals surface area contributed by atoms with Gasteiger partial charge in [-0.2, -0.15) is 0 Å². The third kappa shape index (κ3) is 5.06. The van der Waals surface area contributed by atoms with Gasteiger partial charge in [0.25, 0.3) is 11.8 Å². The van der Waals surface area contributed by atoms with Crippen molar-refractivity contribution in [3.8, 4) is 5.75 Å². The standard InChI is InChI=1S/C18H18BrN3O4/c1-3-16(23)20-13-7-4-11(5-8-13)17(24)21-22-18(25)14-10-12(19)6-9-15(14)26-2/h4-10H,3H2,1-2H3,(H,20,23)(H,21,24)(H,22,25). The predicted molar refractivity (Wildman–Crippen MR) is 101 cm³/mol. The fraction of sp³-hybridized carbons (Fsp3) is 0.167. The molecule has 0 radical (unpaired) electrons. The molecule has 3 amide bonds. The van der Waals surface area contributed by atoms with E-state index >= 15 is 0 Å². The van der Waals surface area contributed by atoms with Crippen LogP contribution in [0.2, 0.25) is 0 Å². The number of ether oxygens (including phenoxy) is 1. The van der Waals surface area contributed by atoms with Gasteiger partial charge in [0.05, 0.1) is 12.7 Å². The summed E-state index contributed by atoms with van der Waals surface area (Å²) in [4.78, 5) is 35.7. The number of hydrogen-bond acceptors (Lipinski definition) is 4. The molecule has 136 valence electrons. The first-order valence-electron chi connectivity index (χ1n) is 7.78. The van der Waals surface area contributed by atoms with Crippen LogP contribution in [0.5, 0.6) is 5.75 Å². The second kappa shape index (κ2) is 9.00. The molecule has 0 aliphatic heterocycles. The largest absolute Gasteiger partial charge is 0.496 e. The van der Waals surface area contributed by atoms with Crippen LogP contribution in [0.25, 0.3) is 0 Å². The van der Waals surface area contributed by atoms with Gasteiger partial charge in [-0.1, -0.05) is 22.9 Å². The van der Waals surface area contributed by atoms with E-state index in [1.807, 2.05) is 0 Å². The summed E-state index contributed by atoms with van der Waals surface area (Å²) < 4.78 is 5.85. The summed E-state index contributed by atoms with van der Waals surface area (Å²) in [6.07, 6.45) is 0.368. The Morgan fingerprint density at radius 3 is 2.27 bits per heavy atom. The summed E-state index contributed by atoms with van der Waals surface area (Å²) in [5, 5.41) is 2.69. The molecule has 7 nitrogen and oxygen atoms in total. The Hall–Kier alpha value is -2.87. The Morgan fingerprint density at radius 2 is 1.65 bits per heavy atom. The molecule has 8 heteroatoms. The zero-order valence-electron chi connectivity index (χ0n) is 14.3. The fourth-order valence-corrected chi connectivity index (χ4v) is 2.43. The van der Waals surface area contributed by atoms with E-state index < -0.39 is 11.8 Å². The zero-order valence-corrected chi connectivity index (χ0v) is 15.8. The minimum Gasteiger partial charge on any atom is -0.496 e. The van der Waals surface area contributed by atoms with Gasteiger partial charge in [-0.3, -0.25) is 25.2 Å². The van der Waals surface area contributed by atoms with Crippen molar-refractivity contribution in [2.45, 2.75) is 13.3 Å². The number of rotatable bonds is 5. The van der Waals surface area contributed by atoms with Crippen LogP contribution < -0.4 is 20.9 Å². The smallest absolute Gasteiger partial charge is 0.273 e. The molecule has 0 aromatic heterocycles. The maximum absolute atomic E-state index is 12.2. The van der Waals surface area contributed by atoms with E-state index in [-0.39, 0.29) is 11.5 Å². The molecule has 0 spiro atoms. The van der Waals surface area contributed by atoms with Gasteiger partial charge in [0, 0.05) is 22.1 Å². The van der Waals surface area contributed by atoms with Crippen molar-refractivity contribution >= 4 is 39.3 Å². The molecule has 3 N–H and O–H groups in total. The number of benzene rings is 2. The van der Waals surface area contributed by atoms with Crippen LogP contribution in [-0.4, -0.2) is 24.8 Å². The van der Waals surface area contributed by atoms with Crippen LogP contribution in [0.1, 0.15) is 34.1 Å². The highest BCUT2D eigenvalue weighted by Crippen LogP contribution is 2.22. The van der Waals surface area contributed by atoms with E-state index in [0.29, 0.717) is 27.9 Å². The van der Waals surface area contributed by atoms with Crippen LogP contribution in [0.4, 0.5) is 5.69 Å². The monoisotopic (exact) mass is 419 g/mol. The lowest BCUT2D eigenvalue weighted by Crippen LogP contribution is -2.41. The Bertz CT molecular complexity index is 822. The topological polar surface area (TPSA) is 96.5 Å². The summed E-state index contributed by atoms with van der Waals surface area (Å²) in [6, 6.07) is 11.3. The Labute approximate surface area is 159 Å². The lowest BCUT2D eigenvalue weighted by atomic mass is 10.2. The van der Waals surface area contributed by atoms with Gasteiger partial charge in [-0.25, -0.2) is 0 Å². The van der Waals surface area contributed by atoms with Gasteiger partial charge >= 0.3 is 0 Å². The summed E-state index contributed by atoms with van der Waals surface area (Å²) in [5.41, 5.74) is 5.89. The number of anilines is 1. The van der Waals surface area contributed by atoms with E-state index in [1.165, 1.54) is 7.11 Å². The van der Waals surface area contributed by atoms with E-state index in [1.54, 1.807) is 49.4 Å². The average molecular weight is 420 g/mol. The molecule has 2 aromatic rings. The Balaban J connectivity index is 1.99. The first kappa shape index (κ1) is 19.5. The van der Waals surface area contributed by atoms with Crippen molar-refractivity contribution in [3.63, 3.8) is 0 Å². The molecule has 0 bridgehead atoms.